The minimum atomic E-state index is -2.01. The van der Waals surface area contributed by atoms with Gasteiger partial charge in [0.1, 0.15) is 23.9 Å². The number of rotatable bonds is 5. The summed E-state index contributed by atoms with van der Waals surface area (Å²) in [7, 11) is 0. The first-order valence-electron chi connectivity index (χ1n) is 8.98. The molecule has 1 unspecified atom stereocenters. The maximum absolute atomic E-state index is 14.2. The van der Waals surface area contributed by atoms with Crippen molar-refractivity contribution in [3.05, 3.63) is 95.2 Å². The van der Waals surface area contributed by atoms with Crippen LogP contribution in [0.5, 0.6) is 0 Å². The number of nitrogens with two attached hydrogens (primary N) is 1. The fraction of sp³-hybridized carbons (Fsp3) is 0.136. The van der Waals surface area contributed by atoms with E-state index in [1.54, 1.807) is 41.2 Å². The Morgan fingerprint density at radius 2 is 1.66 bits per heavy atom. The summed E-state index contributed by atoms with van der Waals surface area (Å²) in [5.41, 5.74) is 5.47. The summed E-state index contributed by atoms with van der Waals surface area (Å²) in [6.07, 6.45) is 1.57. The first-order chi connectivity index (χ1) is 14.0. The zero-order valence-corrected chi connectivity index (χ0v) is 15.3. The lowest BCUT2D eigenvalue weighted by atomic mass is 9.86. The molecule has 0 saturated carbocycles. The number of benzene rings is 3. The van der Waals surface area contributed by atoms with Gasteiger partial charge in [-0.25, -0.2) is 17.9 Å². The third kappa shape index (κ3) is 3.28. The lowest BCUT2D eigenvalue weighted by Gasteiger charge is -2.26. The second-order valence-corrected chi connectivity index (χ2v) is 6.81. The summed E-state index contributed by atoms with van der Waals surface area (Å²) in [4.78, 5) is 0. The molecule has 7 heteroatoms. The van der Waals surface area contributed by atoms with Crippen LogP contribution >= 0.6 is 0 Å². The van der Waals surface area contributed by atoms with Gasteiger partial charge in [0.05, 0.1) is 17.4 Å². The molecule has 4 aromatic rings. The molecule has 0 bridgehead atoms. The molecule has 4 nitrogen and oxygen atoms in total. The van der Waals surface area contributed by atoms with Gasteiger partial charge in [-0.1, -0.05) is 18.2 Å². The maximum Gasteiger partial charge on any atom is 0.143 e. The monoisotopic (exact) mass is 397 g/mol. The van der Waals surface area contributed by atoms with E-state index >= 15 is 0 Å². The summed E-state index contributed by atoms with van der Waals surface area (Å²) in [5, 5.41) is 16.0. The standard InChI is InChI=1S/C22H18F3N3O/c23-13-22(29,17-2-1-14(11-26)20(25)10-17)16-3-8-21-15(9-16)12-27-28(21)19-6-4-18(24)5-7-19/h1-10,12,29H,11,13,26H2. The number of aliphatic hydroxyl groups is 1. The van der Waals surface area contributed by atoms with Gasteiger partial charge in [-0.3, -0.25) is 0 Å². The molecule has 1 aromatic heterocycles. The van der Waals surface area contributed by atoms with E-state index in [1.165, 1.54) is 24.3 Å². The fourth-order valence-corrected chi connectivity index (χ4v) is 3.37. The highest BCUT2D eigenvalue weighted by molar-refractivity contribution is 5.81. The van der Waals surface area contributed by atoms with E-state index in [9.17, 15) is 18.3 Å². The van der Waals surface area contributed by atoms with Gasteiger partial charge in [-0.15, -0.1) is 0 Å². The van der Waals surface area contributed by atoms with Gasteiger partial charge in [0.2, 0.25) is 0 Å². The number of alkyl halides is 1. The molecule has 3 aromatic carbocycles. The molecule has 148 valence electrons. The largest absolute Gasteiger partial charge is 0.378 e. The highest BCUT2D eigenvalue weighted by Gasteiger charge is 2.33. The Kier molecular flexibility index (Phi) is 4.86. The molecule has 0 spiro atoms. The zero-order chi connectivity index (χ0) is 20.6. The van der Waals surface area contributed by atoms with Gasteiger partial charge in [-0.2, -0.15) is 5.10 Å². The zero-order valence-electron chi connectivity index (χ0n) is 15.3. The quantitative estimate of drug-likeness (QED) is 0.536. The molecule has 0 saturated heterocycles. The topological polar surface area (TPSA) is 64.1 Å². The predicted molar refractivity (Wildman–Crippen MR) is 104 cm³/mol. The summed E-state index contributed by atoms with van der Waals surface area (Å²) < 4.78 is 42.9. The minimum Gasteiger partial charge on any atom is -0.378 e. The van der Waals surface area contributed by atoms with Crippen LogP contribution in [0.25, 0.3) is 16.6 Å². The Morgan fingerprint density at radius 1 is 0.966 bits per heavy atom. The highest BCUT2D eigenvalue weighted by atomic mass is 19.1. The van der Waals surface area contributed by atoms with Gasteiger partial charge >= 0.3 is 0 Å². The molecule has 0 aliphatic carbocycles. The molecule has 1 heterocycles. The van der Waals surface area contributed by atoms with Gasteiger partial charge in [-0.05, 0) is 53.6 Å². The Labute approximate surface area is 165 Å². The van der Waals surface area contributed by atoms with E-state index in [0.717, 1.165) is 6.07 Å². The lowest BCUT2D eigenvalue weighted by Crippen LogP contribution is -2.30. The van der Waals surface area contributed by atoms with Gasteiger partial charge in [0, 0.05) is 17.5 Å². The summed E-state index contributed by atoms with van der Waals surface area (Å²) in [6.45, 7) is -1.12. The predicted octanol–water partition coefficient (Wildman–Crippen LogP) is 3.97. The van der Waals surface area contributed by atoms with Gasteiger partial charge < -0.3 is 10.8 Å². The van der Waals surface area contributed by atoms with E-state index in [4.69, 9.17) is 5.73 Å². The van der Waals surface area contributed by atoms with Crippen LogP contribution in [-0.4, -0.2) is 21.6 Å². The van der Waals surface area contributed by atoms with Gasteiger partial charge in [0.15, 0.2) is 0 Å². The second kappa shape index (κ2) is 7.35. The van der Waals surface area contributed by atoms with E-state index < -0.39 is 18.1 Å². The molecule has 0 amide bonds. The van der Waals surface area contributed by atoms with Crippen molar-refractivity contribution in [3.8, 4) is 5.69 Å². The van der Waals surface area contributed by atoms with Crippen LogP contribution in [0.15, 0.2) is 66.9 Å². The van der Waals surface area contributed by atoms with E-state index in [-0.39, 0.29) is 29.1 Å². The lowest BCUT2D eigenvalue weighted by molar-refractivity contribution is 0.0516. The first-order valence-corrected chi connectivity index (χ1v) is 8.98. The van der Waals surface area contributed by atoms with Crippen molar-refractivity contribution in [2.75, 3.05) is 6.67 Å². The SMILES string of the molecule is NCc1ccc(C(O)(CF)c2ccc3c(cnn3-c3ccc(F)cc3)c2)cc1F. The van der Waals surface area contributed by atoms with Crippen LogP contribution in [-0.2, 0) is 12.1 Å². The van der Waals surface area contributed by atoms with Crippen molar-refractivity contribution in [2.45, 2.75) is 12.1 Å². The maximum atomic E-state index is 14.2. The third-order valence-corrected chi connectivity index (χ3v) is 5.06. The average molecular weight is 397 g/mol. The van der Waals surface area contributed by atoms with E-state index in [1.807, 2.05) is 0 Å². The normalized spacial score (nSPS) is 13.6. The van der Waals surface area contributed by atoms with Crippen molar-refractivity contribution in [2.24, 2.45) is 5.73 Å². The number of aromatic nitrogens is 2. The van der Waals surface area contributed by atoms with Crippen molar-refractivity contribution >= 4 is 10.9 Å². The summed E-state index contributed by atoms with van der Waals surface area (Å²) in [5.74, 6) is -0.949. The number of fused-ring (bicyclic) bond motifs is 1. The molecule has 1 atom stereocenters. The van der Waals surface area contributed by atoms with Crippen LogP contribution in [0.2, 0.25) is 0 Å². The Morgan fingerprint density at radius 3 is 2.31 bits per heavy atom. The average Bonchev–Trinajstić information content (AvgIpc) is 3.17. The molecule has 4 rings (SSSR count). The molecule has 0 radical (unpaired) electrons. The molecular formula is C22H18F3N3O. The van der Waals surface area contributed by atoms with Crippen LogP contribution in [0.1, 0.15) is 16.7 Å². The molecule has 0 aliphatic rings. The Bertz CT molecular complexity index is 1170. The van der Waals surface area contributed by atoms with Gasteiger partial charge in [0.25, 0.3) is 0 Å². The number of nitrogens with zero attached hydrogens (tertiary/aromatic N) is 2. The van der Waals surface area contributed by atoms with Crippen LogP contribution in [0, 0.1) is 11.6 Å². The van der Waals surface area contributed by atoms with Crippen molar-refractivity contribution in [1.29, 1.82) is 0 Å². The minimum absolute atomic E-state index is 0.00863. The van der Waals surface area contributed by atoms with Crippen LogP contribution in [0.3, 0.4) is 0 Å². The van der Waals surface area contributed by atoms with Crippen molar-refractivity contribution in [3.63, 3.8) is 0 Å². The molecule has 0 fully saturated rings. The Hall–Kier alpha value is -3.16. The van der Waals surface area contributed by atoms with E-state index in [2.05, 4.69) is 5.10 Å². The summed E-state index contributed by atoms with van der Waals surface area (Å²) in [6, 6.07) is 14.7. The summed E-state index contributed by atoms with van der Waals surface area (Å²) >= 11 is 0. The molecule has 0 aliphatic heterocycles. The number of halogens is 3. The fourth-order valence-electron chi connectivity index (χ4n) is 3.37. The van der Waals surface area contributed by atoms with Crippen molar-refractivity contribution in [1.82, 2.24) is 9.78 Å². The van der Waals surface area contributed by atoms with Crippen LogP contribution < -0.4 is 5.73 Å². The number of hydrogen-bond donors (Lipinski definition) is 2. The van der Waals surface area contributed by atoms with Crippen LogP contribution in [0.4, 0.5) is 13.2 Å². The number of hydrogen-bond acceptors (Lipinski definition) is 3. The first kappa shape index (κ1) is 19.2. The molecule has 3 N–H and O–H groups in total. The Balaban J connectivity index is 1.78. The molecule has 29 heavy (non-hydrogen) atoms. The second-order valence-electron chi connectivity index (χ2n) is 6.81. The van der Waals surface area contributed by atoms with E-state index in [0.29, 0.717) is 16.6 Å². The third-order valence-electron chi connectivity index (χ3n) is 5.06. The van der Waals surface area contributed by atoms with Crippen molar-refractivity contribution < 1.29 is 18.3 Å². The molecular weight excluding hydrogens is 379 g/mol. The highest BCUT2D eigenvalue weighted by Crippen LogP contribution is 2.33. The smallest absolute Gasteiger partial charge is 0.143 e.